The summed E-state index contributed by atoms with van der Waals surface area (Å²) in [5.74, 6) is 0. The number of nitrogens with two attached hydrogens (primary N) is 1. The fourth-order valence-corrected chi connectivity index (χ4v) is 4.95. The van der Waals surface area contributed by atoms with Crippen molar-refractivity contribution in [2.75, 3.05) is 5.73 Å². The molecule has 2 aliphatic carbocycles. The fourth-order valence-electron chi connectivity index (χ4n) is 4.95. The third-order valence-electron chi connectivity index (χ3n) is 6.40. The lowest BCUT2D eigenvalue weighted by Crippen LogP contribution is -2.17. The van der Waals surface area contributed by atoms with E-state index in [1.807, 2.05) is 6.07 Å². The number of hydrogen-bond donors (Lipinski definition) is 1. The van der Waals surface area contributed by atoms with E-state index in [0.717, 1.165) is 5.69 Å². The minimum Gasteiger partial charge on any atom is -0.399 e. The van der Waals surface area contributed by atoms with Gasteiger partial charge in [-0.2, -0.15) is 0 Å². The molecule has 0 bridgehead atoms. The maximum atomic E-state index is 6.09. The number of hydrogen-bond acceptors (Lipinski definition) is 1. The molecule has 0 aliphatic heterocycles. The molecular formula is C24H23N. The van der Waals surface area contributed by atoms with E-state index in [9.17, 15) is 0 Å². The summed E-state index contributed by atoms with van der Waals surface area (Å²) in [5.41, 5.74) is 18.1. The zero-order valence-electron chi connectivity index (χ0n) is 15.3. The van der Waals surface area contributed by atoms with Crippen LogP contribution < -0.4 is 5.73 Å². The predicted octanol–water partition coefficient (Wildman–Crippen LogP) is 5.88. The minimum atomic E-state index is -0.0171. The van der Waals surface area contributed by atoms with Crippen LogP contribution in [0.5, 0.6) is 0 Å². The molecular weight excluding hydrogens is 302 g/mol. The standard InChI is InChI=1S/C24H23N/c1-23(2)19-8-6-5-7-15(19)17-12-22-18(13-21(17)23)16-10-9-14(25)11-20(16)24(22,3)4/h5-13H,25H2,1-4H3. The summed E-state index contributed by atoms with van der Waals surface area (Å²) < 4.78 is 0. The Kier molecular flexibility index (Phi) is 2.57. The average molecular weight is 325 g/mol. The van der Waals surface area contributed by atoms with Crippen molar-refractivity contribution < 1.29 is 0 Å². The zero-order chi connectivity index (χ0) is 17.6. The number of benzene rings is 3. The van der Waals surface area contributed by atoms with E-state index in [1.54, 1.807) is 0 Å². The summed E-state index contributed by atoms with van der Waals surface area (Å²) >= 11 is 0. The largest absolute Gasteiger partial charge is 0.399 e. The molecule has 2 N–H and O–H groups in total. The molecule has 0 fully saturated rings. The van der Waals surface area contributed by atoms with E-state index >= 15 is 0 Å². The fraction of sp³-hybridized carbons (Fsp3) is 0.250. The van der Waals surface area contributed by atoms with Gasteiger partial charge in [0.05, 0.1) is 0 Å². The molecule has 0 saturated carbocycles. The summed E-state index contributed by atoms with van der Waals surface area (Å²) in [6, 6.07) is 20.1. The molecule has 0 spiro atoms. The van der Waals surface area contributed by atoms with Crippen molar-refractivity contribution in [3.63, 3.8) is 0 Å². The Morgan fingerprint density at radius 3 is 1.76 bits per heavy atom. The smallest absolute Gasteiger partial charge is 0.0317 e. The average Bonchev–Trinajstić information content (AvgIpc) is 2.94. The van der Waals surface area contributed by atoms with Gasteiger partial charge in [-0.15, -0.1) is 0 Å². The van der Waals surface area contributed by atoms with Gasteiger partial charge in [-0.3, -0.25) is 0 Å². The Morgan fingerprint density at radius 2 is 1.08 bits per heavy atom. The SMILES string of the molecule is CC1(C)c2ccccc2-c2cc3c(cc21)-c1ccc(N)cc1C3(C)C. The van der Waals surface area contributed by atoms with Gasteiger partial charge in [-0.25, -0.2) is 0 Å². The molecule has 0 radical (unpaired) electrons. The molecule has 25 heavy (non-hydrogen) atoms. The van der Waals surface area contributed by atoms with Gasteiger partial charge < -0.3 is 5.73 Å². The third kappa shape index (κ3) is 1.68. The monoisotopic (exact) mass is 325 g/mol. The maximum absolute atomic E-state index is 6.09. The van der Waals surface area contributed by atoms with E-state index in [4.69, 9.17) is 5.73 Å². The molecule has 3 aromatic carbocycles. The second-order valence-electron chi connectivity index (χ2n) is 8.54. The van der Waals surface area contributed by atoms with Crippen molar-refractivity contribution in [3.05, 3.63) is 76.9 Å². The third-order valence-corrected chi connectivity index (χ3v) is 6.40. The first-order valence-electron chi connectivity index (χ1n) is 9.01. The molecule has 2 aliphatic rings. The van der Waals surface area contributed by atoms with E-state index in [2.05, 4.69) is 76.2 Å². The first-order valence-corrected chi connectivity index (χ1v) is 9.01. The Labute approximate surface area is 149 Å². The molecule has 3 aromatic rings. The molecule has 0 amide bonds. The molecule has 0 saturated heterocycles. The van der Waals surface area contributed by atoms with Crippen molar-refractivity contribution in [3.8, 4) is 22.3 Å². The first kappa shape index (κ1) is 14.8. The van der Waals surface area contributed by atoms with Crippen LogP contribution in [0.2, 0.25) is 0 Å². The quantitative estimate of drug-likeness (QED) is 0.513. The van der Waals surface area contributed by atoms with Gasteiger partial charge in [0.1, 0.15) is 0 Å². The summed E-state index contributed by atoms with van der Waals surface area (Å²) in [5, 5.41) is 0. The molecule has 1 nitrogen and oxygen atoms in total. The highest BCUT2D eigenvalue weighted by molar-refractivity contribution is 5.89. The van der Waals surface area contributed by atoms with Gasteiger partial charge in [0, 0.05) is 16.5 Å². The van der Waals surface area contributed by atoms with Crippen LogP contribution in [0.3, 0.4) is 0 Å². The summed E-state index contributed by atoms with van der Waals surface area (Å²) in [7, 11) is 0. The number of rotatable bonds is 0. The second-order valence-corrected chi connectivity index (χ2v) is 8.54. The molecule has 5 rings (SSSR count). The van der Waals surface area contributed by atoms with Gasteiger partial charge >= 0.3 is 0 Å². The lowest BCUT2D eigenvalue weighted by Gasteiger charge is -2.24. The van der Waals surface area contributed by atoms with Crippen LogP contribution in [0.4, 0.5) is 5.69 Å². The highest BCUT2D eigenvalue weighted by Gasteiger charge is 2.41. The lowest BCUT2D eigenvalue weighted by molar-refractivity contribution is 0.652. The van der Waals surface area contributed by atoms with Crippen LogP contribution in [-0.2, 0) is 10.8 Å². The zero-order valence-corrected chi connectivity index (χ0v) is 15.3. The molecule has 0 heterocycles. The number of nitrogen functional groups attached to an aromatic ring is 1. The minimum absolute atomic E-state index is 0.0171. The Bertz CT molecular complexity index is 1050. The Hall–Kier alpha value is -2.54. The summed E-state index contributed by atoms with van der Waals surface area (Å²) in [4.78, 5) is 0. The lowest BCUT2D eigenvalue weighted by atomic mass is 9.79. The van der Waals surface area contributed by atoms with Gasteiger partial charge in [0.25, 0.3) is 0 Å². The summed E-state index contributed by atoms with van der Waals surface area (Å²) in [6.45, 7) is 9.31. The summed E-state index contributed by atoms with van der Waals surface area (Å²) in [6.07, 6.45) is 0. The molecule has 0 atom stereocenters. The van der Waals surface area contributed by atoms with Crippen molar-refractivity contribution >= 4 is 5.69 Å². The van der Waals surface area contributed by atoms with Crippen LogP contribution >= 0.6 is 0 Å². The Morgan fingerprint density at radius 1 is 0.560 bits per heavy atom. The highest BCUT2D eigenvalue weighted by Crippen LogP contribution is 2.55. The van der Waals surface area contributed by atoms with Gasteiger partial charge in [0.15, 0.2) is 0 Å². The van der Waals surface area contributed by atoms with E-state index in [1.165, 1.54) is 44.5 Å². The van der Waals surface area contributed by atoms with Crippen LogP contribution in [0, 0.1) is 0 Å². The maximum Gasteiger partial charge on any atom is 0.0317 e. The van der Waals surface area contributed by atoms with Crippen LogP contribution in [0.1, 0.15) is 49.9 Å². The van der Waals surface area contributed by atoms with Gasteiger partial charge in [-0.1, -0.05) is 58.0 Å². The molecule has 0 unspecified atom stereocenters. The first-order chi connectivity index (χ1) is 11.8. The van der Waals surface area contributed by atoms with Gasteiger partial charge in [0.2, 0.25) is 0 Å². The molecule has 1 heteroatoms. The number of fused-ring (bicyclic) bond motifs is 6. The van der Waals surface area contributed by atoms with E-state index in [-0.39, 0.29) is 10.8 Å². The van der Waals surface area contributed by atoms with E-state index < -0.39 is 0 Å². The molecule has 124 valence electrons. The highest BCUT2D eigenvalue weighted by atomic mass is 14.6. The van der Waals surface area contributed by atoms with Crippen molar-refractivity contribution in [2.45, 2.75) is 38.5 Å². The van der Waals surface area contributed by atoms with Crippen LogP contribution in [0.15, 0.2) is 54.6 Å². The van der Waals surface area contributed by atoms with E-state index in [0.29, 0.717) is 0 Å². The predicted molar refractivity (Wildman–Crippen MR) is 106 cm³/mol. The van der Waals surface area contributed by atoms with Crippen LogP contribution in [-0.4, -0.2) is 0 Å². The topological polar surface area (TPSA) is 26.0 Å². The van der Waals surface area contributed by atoms with Gasteiger partial charge in [-0.05, 0) is 68.8 Å². The van der Waals surface area contributed by atoms with Crippen molar-refractivity contribution in [2.24, 2.45) is 0 Å². The normalized spacial score (nSPS) is 17.6. The second kappa shape index (κ2) is 4.35. The van der Waals surface area contributed by atoms with Crippen LogP contribution in [0.25, 0.3) is 22.3 Å². The number of anilines is 1. The molecule has 0 aromatic heterocycles. The van der Waals surface area contributed by atoms with Crippen molar-refractivity contribution in [1.82, 2.24) is 0 Å². The Balaban J connectivity index is 1.86. The van der Waals surface area contributed by atoms with Crippen molar-refractivity contribution in [1.29, 1.82) is 0 Å².